The second-order valence-corrected chi connectivity index (χ2v) is 10.6. The van der Waals surface area contributed by atoms with Crippen LogP contribution < -0.4 is 0 Å². The molecule has 0 radical (unpaired) electrons. The summed E-state index contributed by atoms with van der Waals surface area (Å²) in [6.45, 7) is 6.50. The lowest BCUT2D eigenvalue weighted by molar-refractivity contribution is -0.366. The maximum absolute atomic E-state index is 12.9. The zero-order valence-corrected chi connectivity index (χ0v) is 28.2. The molecule has 0 N–H and O–H groups in total. The highest BCUT2D eigenvalue weighted by molar-refractivity contribution is 5.77. The van der Waals surface area contributed by atoms with Gasteiger partial charge in [0.1, 0.15) is 12.7 Å². The van der Waals surface area contributed by atoms with Crippen LogP contribution in [-0.2, 0) is 95.2 Å². The predicted molar refractivity (Wildman–Crippen MR) is 151 cm³/mol. The molecule has 2 saturated heterocycles. The predicted octanol–water partition coefficient (Wildman–Crippen LogP) is -1.21. The summed E-state index contributed by atoms with van der Waals surface area (Å²) < 4.78 is 65.4. The monoisotopic (exact) mass is 708 g/mol. The van der Waals surface area contributed by atoms with Gasteiger partial charge in [0.2, 0.25) is 6.29 Å². The fraction of sp³-hybridized carbons (Fsp3) is 0.724. The number of hydrogen-bond donors (Lipinski definition) is 0. The molecule has 0 aliphatic carbocycles. The lowest BCUT2D eigenvalue weighted by Crippen LogP contribution is -2.68. The molecule has 20 heteroatoms. The Morgan fingerprint density at radius 1 is 0.531 bits per heavy atom. The molecule has 11 atom stereocenters. The van der Waals surface area contributed by atoms with Gasteiger partial charge in [0.05, 0.1) is 7.11 Å². The minimum atomic E-state index is -1.94. The maximum Gasteiger partial charge on any atom is 0.339 e. The van der Waals surface area contributed by atoms with Crippen molar-refractivity contribution in [3.63, 3.8) is 0 Å². The van der Waals surface area contributed by atoms with Gasteiger partial charge in [-0.15, -0.1) is 0 Å². The fourth-order valence-electron chi connectivity index (χ4n) is 5.07. The molecule has 49 heavy (non-hydrogen) atoms. The van der Waals surface area contributed by atoms with E-state index in [1.165, 1.54) is 0 Å². The minimum absolute atomic E-state index is 0.602. The van der Waals surface area contributed by atoms with Crippen LogP contribution >= 0.6 is 0 Å². The molecule has 0 saturated carbocycles. The summed E-state index contributed by atoms with van der Waals surface area (Å²) >= 11 is 0. The first-order valence-corrected chi connectivity index (χ1v) is 14.6. The maximum atomic E-state index is 12.9. The summed E-state index contributed by atoms with van der Waals surface area (Å²) in [6.07, 6.45) is -18.8. The Hall–Kier alpha value is -4.40. The standard InChI is InChI=1S/C29H40O20/c1-11(30)40-10-18(41-12(2)31)19-20(42-13(3)32)22(44-15(5)34)25(28(39-9)47-19)49-29-26(46-17(7)36)23(45-16(6)35)21(43-14(4)33)24(48-29)27(37)38-8/h18-26,28-29H,10H2,1-9H3. The van der Waals surface area contributed by atoms with Gasteiger partial charge in [0.15, 0.2) is 55.1 Å². The normalized spacial score (nSPS) is 30.0. The highest BCUT2D eigenvalue weighted by atomic mass is 16.8. The van der Waals surface area contributed by atoms with Gasteiger partial charge >= 0.3 is 47.8 Å². The Labute approximate surface area is 280 Å². The third-order valence-corrected chi connectivity index (χ3v) is 6.63. The summed E-state index contributed by atoms with van der Waals surface area (Å²) in [5, 5.41) is 0. The highest BCUT2D eigenvalue weighted by Gasteiger charge is 2.59. The molecule has 20 nitrogen and oxygen atoms in total. The summed E-state index contributed by atoms with van der Waals surface area (Å²) in [5.74, 6) is -7.51. The molecule has 2 fully saturated rings. The molecule has 0 amide bonds. The molecular weight excluding hydrogens is 668 g/mol. The van der Waals surface area contributed by atoms with E-state index in [1.54, 1.807) is 0 Å². The van der Waals surface area contributed by atoms with Crippen molar-refractivity contribution in [2.75, 3.05) is 20.8 Å². The van der Waals surface area contributed by atoms with Crippen LogP contribution in [0.5, 0.6) is 0 Å². The van der Waals surface area contributed by atoms with Gasteiger partial charge in [-0.3, -0.25) is 33.6 Å². The molecule has 0 aromatic rings. The van der Waals surface area contributed by atoms with Gasteiger partial charge in [-0.1, -0.05) is 0 Å². The van der Waals surface area contributed by atoms with Crippen LogP contribution in [0.25, 0.3) is 0 Å². The number of rotatable bonds is 13. The van der Waals surface area contributed by atoms with Crippen molar-refractivity contribution in [1.82, 2.24) is 0 Å². The molecule has 0 bridgehead atoms. The van der Waals surface area contributed by atoms with Gasteiger partial charge in [0.25, 0.3) is 0 Å². The fourth-order valence-corrected chi connectivity index (χ4v) is 5.07. The largest absolute Gasteiger partial charge is 0.467 e. The van der Waals surface area contributed by atoms with Gasteiger partial charge in [-0.05, 0) is 0 Å². The average molecular weight is 709 g/mol. The zero-order valence-electron chi connectivity index (χ0n) is 28.2. The Balaban J connectivity index is 2.74. The minimum Gasteiger partial charge on any atom is -0.467 e. The van der Waals surface area contributed by atoms with E-state index in [1.807, 2.05) is 0 Å². The van der Waals surface area contributed by atoms with Crippen molar-refractivity contribution in [1.29, 1.82) is 0 Å². The molecular formula is C29H40O20. The van der Waals surface area contributed by atoms with Gasteiger partial charge < -0.3 is 56.8 Å². The van der Waals surface area contributed by atoms with Crippen molar-refractivity contribution in [3.8, 4) is 0 Å². The van der Waals surface area contributed by atoms with Crippen LogP contribution in [0.15, 0.2) is 0 Å². The van der Waals surface area contributed by atoms with E-state index in [4.69, 9.17) is 56.8 Å². The summed E-state index contributed by atoms with van der Waals surface area (Å²) in [4.78, 5) is 97.8. The summed E-state index contributed by atoms with van der Waals surface area (Å²) in [5.41, 5.74) is 0. The van der Waals surface area contributed by atoms with Crippen molar-refractivity contribution in [2.24, 2.45) is 0 Å². The van der Waals surface area contributed by atoms with Crippen molar-refractivity contribution in [3.05, 3.63) is 0 Å². The van der Waals surface area contributed by atoms with E-state index < -0.39 is 122 Å². The van der Waals surface area contributed by atoms with Crippen molar-refractivity contribution >= 4 is 47.8 Å². The smallest absolute Gasteiger partial charge is 0.339 e. The third-order valence-electron chi connectivity index (χ3n) is 6.63. The average Bonchev–Trinajstić information content (AvgIpc) is 2.97. The number of ether oxygens (including phenoxy) is 12. The summed E-state index contributed by atoms with van der Waals surface area (Å²) in [6, 6.07) is 0. The molecule has 2 rings (SSSR count). The first kappa shape index (κ1) is 40.8. The Morgan fingerprint density at radius 2 is 1.00 bits per heavy atom. The first-order valence-electron chi connectivity index (χ1n) is 14.6. The van der Waals surface area contributed by atoms with Crippen LogP contribution in [0.4, 0.5) is 0 Å². The van der Waals surface area contributed by atoms with Crippen LogP contribution in [0.3, 0.4) is 0 Å². The highest BCUT2D eigenvalue weighted by Crippen LogP contribution is 2.36. The van der Waals surface area contributed by atoms with E-state index in [0.717, 1.165) is 62.7 Å². The SMILES string of the molecule is COC(=O)C1OC(OC2C(OC)OC(C(COC(C)=O)OC(C)=O)C(OC(C)=O)C2OC(C)=O)C(OC(C)=O)C(OC(C)=O)C1OC(C)=O. The number of hydrogen-bond acceptors (Lipinski definition) is 20. The van der Waals surface area contributed by atoms with E-state index >= 15 is 0 Å². The number of carbonyl (C=O) groups excluding carboxylic acids is 8. The second kappa shape index (κ2) is 18.4. The third kappa shape index (κ3) is 11.6. The second-order valence-electron chi connectivity index (χ2n) is 10.6. The Bertz CT molecular complexity index is 1250. The molecule has 2 aliphatic rings. The number of methoxy groups -OCH3 is 2. The molecule has 0 aromatic carbocycles. The molecule has 0 aromatic heterocycles. The Kier molecular flexibility index (Phi) is 15.3. The number of esters is 8. The van der Waals surface area contributed by atoms with Crippen LogP contribution in [0, 0.1) is 0 Å². The zero-order chi connectivity index (χ0) is 37.2. The van der Waals surface area contributed by atoms with E-state index in [0.29, 0.717) is 0 Å². The van der Waals surface area contributed by atoms with Crippen LogP contribution in [0.1, 0.15) is 48.5 Å². The molecule has 2 heterocycles. The lowest BCUT2D eigenvalue weighted by atomic mass is 9.93. The van der Waals surface area contributed by atoms with Gasteiger partial charge in [-0.2, -0.15) is 0 Å². The van der Waals surface area contributed by atoms with Crippen molar-refractivity contribution in [2.45, 2.75) is 116 Å². The Morgan fingerprint density at radius 3 is 1.45 bits per heavy atom. The molecule has 276 valence electrons. The van der Waals surface area contributed by atoms with E-state index in [2.05, 4.69) is 0 Å². The molecule has 2 aliphatic heterocycles. The molecule has 11 unspecified atom stereocenters. The first-order chi connectivity index (χ1) is 22.9. The topological polar surface area (TPSA) is 247 Å². The summed E-state index contributed by atoms with van der Waals surface area (Å²) in [7, 11) is 2.11. The molecule has 0 spiro atoms. The quantitative estimate of drug-likeness (QED) is 0.161. The van der Waals surface area contributed by atoms with Crippen LogP contribution in [-0.4, -0.2) is 136 Å². The number of carbonyl (C=O) groups is 8. The van der Waals surface area contributed by atoms with Crippen LogP contribution in [0.2, 0.25) is 0 Å². The lowest BCUT2D eigenvalue weighted by Gasteiger charge is -2.49. The van der Waals surface area contributed by atoms with Gasteiger partial charge in [0, 0.05) is 55.6 Å². The van der Waals surface area contributed by atoms with E-state index in [9.17, 15) is 38.4 Å². The van der Waals surface area contributed by atoms with Crippen molar-refractivity contribution < 1.29 is 95.2 Å². The van der Waals surface area contributed by atoms with E-state index in [-0.39, 0.29) is 0 Å². The van der Waals surface area contributed by atoms with Gasteiger partial charge in [-0.25, -0.2) is 4.79 Å².